The van der Waals surface area contributed by atoms with Gasteiger partial charge in [0, 0.05) is 6.61 Å². The first-order valence-electron chi connectivity index (χ1n) is 7.22. The fraction of sp³-hybridized carbons (Fsp3) is 0.786. The lowest BCUT2D eigenvalue weighted by Crippen LogP contribution is -2.26. The molecule has 6 heteroatoms. The van der Waals surface area contributed by atoms with Gasteiger partial charge in [0.15, 0.2) is 0 Å². The maximum absolute atomic E-state index is 11.2. The van der Waals surface area contributed by atoms with Gasteiger partial charge >= 0.3 is 5.97 Å². The molecule has 1 N–H and O–H groups in total. The van der Waals surface area contributed by atoms with Crippen LogP contribution in [0.15, 0.2) is 4.52 Å². The maximum atomic E-state index is 11.2. The third kappa shape index (κ3) is 2.70. The van der Waals surface area contributed by atoms with Crippen LogP contribution in [0.3, 0.4) is 0 Å². The Bertz CT molecular complexity index is 473. The standard InChI is InChI=1S/C14H22N2O4/c1-4-14(3,19-5-2)13-15-11(20-16-13)9-7-6-8-10(9)12(17)18/h9-10H,4-8H2,1-3H3,(H,17,18). The summed E-state index contributed by atoms with van der Waals surface area (Å²) in [4.78, 5) is 15.7. The number of hydrogen-bond acceptors (Lipinski definition) is 5. The van der Waals surface area contributed by atoms with Gasteiger partial charge in [0.05, 0.1) is 11.8 Å². The minimum Gasteiger partial charge on any atom is -0.481 e. The van der Waals surface area contributed by atoms with E-state index in [1.54, 1.807) is 0 Å². The molecule has 0 aliphatic heterocycles. The molecule has 1 aromatic rings. The number of carboxylic acid groups (broad SMARTS) is 1. The molecule has 1 aliphatic rings. The Hall–Kier alpha value is -1.43. The van der Waals surface area contributed by atoms with Gasteiger partial charge in [-0.3, -0.25) is 4.79 Å². The van der Waals surface area contributed by atoms with Crippen LogP contribution in [-0.2, 0) is 15.1 Å². The van der Waals surface area contributed by atoms with Crippen LogP contribution in [0.4, 0.5) is 0 Å². The highest BCUT2D eigenvalue weighted by molar-refractivity contribution is 5.71. The van der Waals surface area contributed by atoms with Crippen molar-refractivity contribution in [2.24, 2.45) is 5.92 Å². The third-order valence-electron chi connectivity index (χ3n) is 4.20. The Morgan fingerprint density at radius 1 is 1.50 bits per heavy atom. The largest absolute Gasteiger partial charge is 0.481 e. The molecule has 20 heavy (non-hydrogen) atoms. The van der Waals surface area contributed by atoms with Gasteiger partial charge in [-0.05, 0) is 33.1 Å². The quantitative estimate of drug-likeness (QED) is 0.863. The summed E-state index contributed by atoms with van der Waals surface area (Å²) in [7, 11) is 0. The first-order valence-corrected chi connectivity index (χ1v) is 7.22. The van der Waals surface area contributed by atoms with Crippen molar-refractivity contribution in [2.75, 3.05) is 6.61 Å². The molecule has 0 bridgehead atoms. The van der Waals surface area contributed by atoms with Crippen molar-refractivity contribution < 1.29 is 19.2 Å². The summed E-state index contributed by atoms with van der Waals surface area (Å²) in [5.41, 5.74) is -0.576. The van der Waals surface area contributed by atoms with Crippen LogP contribution in [0.5, 0.6) is 0 Å². The molecule has 112 valence electrons. The summed E-state index contributed by atoms with van der Waals surface area (Å²) < 4.78 is 11.0. The topological polar surface area (TPSA) is 85.5 Å². The van der Waals surface area contributed by atoms with E-state index in [4.69, 9.17) is 9.26 Å². The van der Waals surface area contributed by atoms with Crippen molar-refractivity contribution in [1.29, 1.82) is 0 Å². The molecular weight excluding hydrogens is 260 g/mol. The number of aliphatic carboxylic acids is 1. The summed E-state index contributed by atoms with van der Waals surface area (Å²) in [6.45, 7) is 6.41. The van der Waals surface area contributed by atoms with Gasteiger partial charge in [-0.15, -0.1) is 0 Å². The lowest BCUT2D eigenvalue weighted by Gasteiger charge is -2.23. The molecule has 0 amide bonds. The lowest BCUT2D eigenvalue weighted by atomic mass is 9.96. The highest BCUT2D eigenvalue weighted by Crippen LogP contribution is 2.39. The Labute approximate surface area is 118 Å². The van der Waals surface area contributed by atoms with Crippen molar-refractivity contribution in [2.45, 2.75) is 58.0 Å². The van der Waals surface area contributed by atoms with E-state index in [1.807, 2.05) is 20.8 Å². The van der Waals surface area contributed by atoms with Crippen LogP contribution in [0.2, 0.25) is 0 Å². The molecule has 3 unspecified atom stereocenters. The van der Waals surface area contributed by atoms with Gasteiger partial charge in [-0.1, -0.05) is 18.5 Å². The zero-order valence-corrected chi connectivity index (χ0v) is 12.3. The summed E-state index contributed by atoms with van der Waals surface area (Å²) >= 11 is 0. The number of ether oxygens (including phenoxy) is 1. The molecule has 1 fully saturated rings. The molecule has 3 atom stereocenters. The number of hydrogen-bond donors (Lipinski definition) is 1. The van der Waals surface area contributed by atoms with Gasteiger partial charge in [-0.2, -0.15) is 4.98 Å². The van der Waals surface area contributed by atoms with E-state index in [2.05, 4.69) is 10.1 Å². The van der Waals surface area contributed by atoms with Crippen molar-refractivity contribution in [3.63, 3.8) is 0 Å². The summed E-state index contributed by atoms with van der Waals surface area (Å²) in [5.74, 6) is -0.424. The average Bonchev–Trinajstić information content (AvgIpc) is 3.07. The molecular formula is C14H22N2O4. The van der Waals surface area contributed by atoms with Gasteiger partial charge in [-0.25, -0.2) is 0 Å². The summed E-state index contributed by atoms with van der Waals surface area (Å²) in [5, 5.41) is 13.2. The van der Waals surface area contributed by atoms with Gasteiger partial charge in [0.2, 0.25) is 11.7 Å². The zero-order chi connectivity index (χ0) is 14.8. The predicted molar refractivity (Wildman–Crippen MR) is 71.3 cm³/mol. The van der Waals surface area contributed by atoms with Gasteiger partial charge in [0.1, 0.15) is 5.60 Å². The van der Waals surface area contributed by atoms with E-state index >= 15 is 0 Å². The molecule has 1 saturated carbocycles. The average molecular weight is 282 g/mol. The van der Waals surface area contributed by atoms with Crippen molar-refractivity contribution in [3.8, 4) is 0 Å². The van der Waals surface area contributed by atoms with E-state index < -0.39 is 17.5 Å². The van der Waals surface area contributed by atoms with E-state index in [-0.39, 0.29) is 5.92 Å². The van der Waals surface area contributed by atoms with Crippen molar-refractivity contribution >= 4 is 5.97 Å². The number of rotatable bonds is 6. The number of nitrogens with zero attached hydrogens (tertiary/aromatic N) is 2. The number of aromatic nitrogens is 2. The van der Waals surface area contributed by atoms with E-state index in [9.17, 15) is 9.90 Å². The van der Waals surface area contributed by atoms with Crippen LogP contribution in [0.1, 0.15) is 64.1 Å². The highest BCUT2D eigenvalue weighted by Gasteiger charge is 2.39. The highest BCUT2D eigenvalue weighted by atomic mass is 16.5. The summed E-state index contributed by atoms with van der Waals surface area (Å²) in [6, 6.07) is 0. The first kappa shape index (κ1) is 15.0. The second-order valence-electron chi connectivity index (χ2n) is 5.46. The first-order chi connectivity index (χ1) is 9.51. The van der Waals surface area contributed by atoms with Crippen LogP contribution < -0.4 is 0 Å². The minimum atomic E-state index is -0.782. The van der Waals surface area contributed by atoms with Gasteiger partial charge < -0.3 is 14.4 Å². The van der Waals surface area contributed by atoms with Crippen LogP contribution in [-0.4, -0.2) is 27.8 Å². The second-order valence-corrected chi connectivity index (χ2v) is 5.46. The van der Waals surface area contributed by atoms with Crippen LogP contribution in [0, 0.1) is 5.92 Å². The molecule has 0 aromatic carbocycles. The van der Waals surface area contributed by atoms with Crippen molar-refractivity contribution in [1.82, 2.24) is 10.1 Å². The van der Waals surface area contributed by atoms with E-state index in [0.29, 0.717) is 24.7 Å². The Balaban J connectivity index is 2.22. The summed E-state index contributed by atoms with van der Waals surface area (Å²) in [6.07, 6.45) is 3.08. The van der Waals surface area contributed by atoms with E-state index in [1.165, 1.54) is 0 Å². The third-order valence-corrected chi connectivity index (χ3v) is 4.20. The Morgan fingerprint density at radius 2 is 2.25 bits per heavy atom. The normalized spacial score (nSPS) is 25.6. The fourth-order valence-corrected chi connectivity index (χ4v) is 2.80. The SMILES string of the molecule is CCOC(C)(CC)c1noc(C2CCCC2C(=O)O)n1. The molecule has 0 radical (unpaired) electrons. The Morgan fingerprint density at radius 3 is 2.85 bits per heavy atom. The molecule has 1 heterocycles. The fourth-order valence-electron chi connectivity index (χ4n) is 2.80. The molecule has 1 aliphatic carbocycles. The number of carboxylic acids is 1. The second kappa shape index (κ2) is 5.91. The lowest BCUT2D eigenvalue weighted by molar-refractivity contribution is -0.142. The maximum Gasteiger partial charge on any atom is 0.307 e. The Kier molecular flexibility index (Phi) is 4.42. The minimum absolute atomic E-state index is 0.170. The molecule has 1 aromatic heterocycles. The number of carbonyl (C=O) groups is 1. The van der Waals surface area contributed by atoms with E-state index in [0.717, 1.165) is 19.3 Å². The smallest absolute Gasteiger partial charge is 0.307 e. The van der Waals surface area contributed by atoms with Crippen LogP contribution >= 0.6 is 0 Å². The molecule has 6 nitrogen and oxygen atoms in total. The molecule has 2 rings (SSSR count). The van der Waals surface area contributed by atoms with Crippen LogP contribution in [0.25, 0.3) is 0 Å². The monoisotopic (exact) mass is 282 g/mol. The van der Waals surface area contributed by atoms with Gasteiger partial charge in [0.25, 0.3) is 0 Å². The zero-order valence-electron chi connectivity index (χ0n) is 12.3. The predicted octanol–water partition coefficient (Wildman–Crippen LogP) is 2.70. The molecule has 0 spiro atoms. The molecule has 0 saturated heterocycles. The van der Waals surface area contributed by atoms with Crippen molar-refractivity contribution in [3.05, 3.63) is 11.7 Å².